The predicted octanol–water partition coefficient (Wildman–Crippen LogP) is 3.43. The monoisotopic (exact) mass is 248 g/mol. The molecule has 0 radical (unpaired) electrons. The van der Waals surface area contributed by atoms with Crippen molar-refractivity contribution in [2.45, 2.75) is 44.9 Å². The van der Waals surface area contributed by atoms with Crippen molar-refractivity contribution in [3.05, 3.63) is 23.0 Å². The van der Waals surface area contributed by atoms with Gasteiger partial charge in [0, 0.05) is 13.0 Å². The van der Waals surface area contributed by atoms with Gasteiger partial charge in [-0.2, -0.15) is 0 Å². The van der Waals surface area contributed by atoms with Crippen LogP contribution in [0.15, 0.2) is 23.0 Å². The second-order valence-electron chi connectivity index (χ2n) is 6.15. The van der Waals surface area contributed by atoms with Crippen LogP contribution in [-0.4, -0.2) is 18.8 Å². The molecule has 0 aliphatic heterocycles. The van der Waals surface area contributed by atoms with E-state index in [2.05, 4.69) is 6.08 Å². The van der Waals surface area contributed by atoms with E-state index in [1.54, 1.807) is 18.3 Å². The minimum Gasteiger partial charge on any atom is -0.501 e. The number of methoxy groups -OCH3 is 1. The number of allylic oxidation sites excluding steroid dienone is 3. The van der Waals surface area contributed by atoms with Crippen molar-refractivity contribution in [1.82, 2.24) is 0 Å². The Morgan fingerprint density at radius 2 is 2.22 bits per heavy atom. The number of hydrogen-bond acceptors (Lipinski definition) is 2. The lowest BCUT2D eigenvalue weighted by Gasteiger charge is -2.42. The zero-order valence-corrected chi connectivity index (χ0v) is 11.3. The molecule has 3 unspecified atom stereocenters. The molecule has 3 aliphatic rings. The maximum Gasteiger partial charge on any atom is 0.0959 e. The number of aliphatic hydroxyl groups is 1. The molecule has 0 heterocycles. The quantitative estimate of drug-likeness (QED) is 0.759. The highest BCUT2D eigenvalue weighted by molar-refractivity contribution is 5.31. The van der Waals surface area contributed by atoms with Gasteiger partial charge >= 0.3 is 0 Å². The molecule has 0 bridgehead atoms. The highest BCUT2D eigenvalue weighted by Gasteiger charge is 2.36. The van der Waals surface area contributed by atoms with Gasteiger partial charge in [0.05, 0.1) is 12.9 Å². The first kappa shape index (κ1) is 12.3. The largest absolute Gasteiger partial charge is 0.501 e. The molecule has 3 rings (SSSR count). The lowest BCUT2D eigenvalue weighted by atomic mass is 9.63. The van der Waals surface area contributed by atoms with E-state index in [0.29, 0.717) is 12.5 Å². The summed E-state index contributed by atoms with van der Waals surface area (Å²) in [6.45, 7) is 0.392. The first-order valence-electron chi connectivity index (χ1n) is 7.36. The van der Waals surface area contributed by atoms with Gasteiger partial charge in [-0.25, -0.2) is 0 Å². The molecule has 1 N–H and O–H groups in total. The molecule has 0 amide bonds. The van der Waals surface area contributed by atoms with Gasteiger partial charge in [0.2, 0.25) is 0 Å². The number of ether oxygens (including phenoxy) is 1. The van der Waals surface area contributed by atoms with Gasteiger partial charge in [0.25, 0.3) is 0 Å². The van der Waals surface area contributed by atoms with Crippen LogP contribution in [0.25, 0.3) is 0 Å². The first-order chi connectivity index (χ1) is 8.81. The van der Waals surface area contributed by atoms with Crippen LogP contribution in [0, 0.1) is 17.8 Å². The Hall–Kier alpha value is -0.760. The molecule has 0 aromatic rings. The Kier molecular flexibility index (Phi) is 3.47. The van der Waals surface area contributed by atoms with E-state index in [-0.39, 0.29) is 0 Å². The zero-order chi connectivity index (χ0) is 12.5. The van der Waals surface area contributed by atoms with E-state index in [9.17, 15) is 5.11 Å². The van der Waals surface area contributed by atoms with Crippen molar-refractivity contribution in [1.29, 1.82) is 0 Å². The summed E-state index contributed by atoms with van der Waals surface area (Å²) >= 11 is 0. The van der Waals surface area contributed by atoms with Crippen LogP contribution in [0.5, 0.6) is 0 Å². The molecule has 3 aliphatic carbocycles. The van der Waals surface area contributed by atoms with Crippen molar-refractivity contribution >= 4 is 0 Å². The smallest absolute Gasteiger partial charge is 0.0959 e. The maximum absolute atomic E-state index is 9.34. The van der Waals surface area contributed by atoms with E-state index in [4.69, 9.17) is 4.74 Å². The van der Waals surface area contributed by atoms with Crippen LogP contribution in [-0.2, 0) is 4.74 Å². The highest BCUT2D eigenvalue weighted by Crippen LogP contribution is 2.48. The van der Waals surface area contributed by atoms with Crippen LogP contribution in [0.1, 0.15) is 44.9 Å². The minimum atomic E-state index is 0.392. The normalized spacial score (nSPS) is 35.7. The Morgan fingerprint density at radius 3 is 3.00 bits per heavy atom. The van der Waals surface area contributed by atoms with E-state index in [1.165, 1.54) is 32.1 Å². The van der Waals surface area contributed by atoms with Crippen molar-refractivity contribution in [2.75, 3.05) is 13.7 Å². The molecule has 1 fully saturated rings. The van der Waals surface area contributed by atoms with E-state index in [1.807, 2.05) is 0 Å². The predicted molar refractivity (Wildman–Crippen MR) is 72.0 cm³/mol. The molecular formula is C16H24O2. The molecule has 2 nitrogen and oxygen atoms in total. The molecular weight excluding hydrogens is 224 g/mol. The summed E-state index contributed by atoms with van der Waals surface area (Å²) in [7, 11) is 1.79. The molecule has 0 saturated heterocycles. The molecule has 3 atom stereocenters. The lowest BCUT2D eigenvalue weighted by Crippen LogP contribution is -2.31. The van der Waals surface area contributed by atoms with Crippen molar-refractivity contribution in [3.63, 3.8) is 0 Å². The molecule has 0 aromatic carbocycles. The van der Waals surface area contributed by atoms with E-state index in [0.717, 1.165) is 30.4 Å². The fourth-order valence-corrected chi connectivity index (χ4v) is 4.25. The van der Waals surface area contributed by atoms with E-state index < -0.39 is 0 Å². The van der Waals surface area contributed by atoms with Crippen LogP contribution in [0.3, 0.4) is 0 Å². The fraction of sp³-hybridized carbons (Fsp3) is 0.750. The van der Waals surface area contributed by atoms with Gasteiger partial charge < -0.3 is 9.84 Å². The Bertz CT molecular complexity index is 381. The summed E-state index contributed by atoms with van der Waals surface area (Å²) in [5.74, 6) is 3.39. The van der Waals surface area contributed by atoms with Crippen molar-refractivity contribution in [3.8, 4) is 0 Å². The number of fused-ring (bicyclic) bond motifs is 2. The SMILES string of the molecule is COC1=CCC2=C(CCC3CC(CO)CCC23)C1. The average Bonchev–Trinajstić information content (AvgIpc) is 2.45. The Labute approximate surface area is 110 Å². The maximum atomic E-state index is 9.34. The Morgan fingerprint density at radius 1 is 1.33 bits per heavy atom. The summed E-state index contributed by atoms with van der Waals surface area (Å²) in [6.07, 6.45) is 10.8. The van der Waals surface area contributed by atoms with Gasteiger partial charge in [0.15, 0.2) is 0 Å². The van der Waals surface area contributed by atoms with Crippen LogP contribution in [0.2, 0.25) is 0 Å². The third-order valence-corrected chi connectivity index (χ3v) is 5.27. The lowest BCUT2D eigenvalue weighted by molar-refractivity contribution is 0.121. The van der Waals surface area contributed by atoms with Crippen LogP contribution >= 0.6 is 0 Å². The Balaban J connectivity index is 1.75. The summed E-state index contributed by atoms with van der Waals surface area (Å²) < 4.78 is 5.40. The van der Waals surface area contributed by atoms with Gasteiger partial charge in [-0.15, -0.1) is 0 Å². The van der Waals surface area contributed by atoms with Crippen LogP contribution < -0.4 is 0 Å². The van der Waals surface area contributed by atoms with Crippen molar-refractivity contribution in [2.24, 2.45) is 17.8 Å². The average molecular weight is 248 g/mol. The topological polar surface area (TPSA) is 29.5 Å². The molecule has 0 aromatic heterocycles. The second-order valence-corrected chi connectivity index (χ2v) is 6.15. The molecule has 18 heavy (non-hydrogen) atoms. The molecule has 2 heteroatoms. The summed E-state index contributed by atoms with van der Waals surface area (Å²) in [5.41, 5.74) is 3.39. The highest BCUT2D eigenvalue weighted by atomic mass is 16.5. The molecule has 100 valence electrons. The number of aliphatic hydroxyl groups excluding tert-OH is 1. The number of rotatable bonds is 2. The van der Waals surface area contributed by atoms with Crippen molar-refractivity contribution < 1.29 is 9.84 Å². The molecule has 1 saturated carbocycles. The zero-order valence-electron chi connectivity index (χ0n) is 11.3. The number of hydrogen-bond donors (Lipinski definition) is 1. The minimum absolute atomic E-state index is 0.392. The third-order valence-electron chi connectivity index (χ3n) is 5.27. The first-order valence-corrected chi connectivity index (χ1v) is 7.36. The summed E-state index contributed by atoms with van der Waals surface area (Å²) in [6, 6.07) is 0. The van der Waals surface area contributed by atoms with Gasteiger partial charge in [-0.1, -0.05) is 11.1 Å². The molecule has 0 spiro atoms. The van der Waals surface area contributed by atoms with Gasteiger partial charge in [-0.3, -0.25) is 0 Å². The summed E-state index contributed by atoms with van der Waals surface area (Å²) in [4.78, 5) is 0. The fourth-order valence-electron chi connectivity index (χ4n) is 4.25. The van der Waals surface area contributed by atoms with E-state index >= 15 is 0 Å². The third kappa shape index (κ3) is 2.11. The van der Waals surface area contributed by atoms with Gasteiger partial charge in [-0.05, 0) is 62.4 Å². The van der Waals surface area contributed by atoms with Gasteiger partial charge in [0.1, 0.15) is 0 Å². The second kappa shape index (κ2) is 5.08. The summed E-state index contributed by atoms with van der Waals surface area (Å²) in [5, 5.41) is 9.34. The van der Waals surface area contributed by atoms with Crippen LogP contribution in [0.4, 0.5) is 0 Å². The standard InChI is InChI=1S/C16H24O2/c1-18-14-5-7-16-13(9-14)4-3-12-8-11(10-17)2-6-15(12)16/h5,11-12,15,17H,2-4,6-10H2,1H3.